The monoisotopic (exact) mass is 98.1 g/mol. The summed E-state index contributed by atoms with van der Waals surface area (Å²) in [5.74, 6) is 0.766. The number of amidine groups is 1. The van der Waals surface area contributed by atoms with Gasteiger partial charge >= 0.3 is 0 Å². The Bertz CT molecular complexity index is 84.1. The van der Waals surface area contributed by atoms with Gasteiger partial charge in [-0.3, -0.25) is 4.99 Å². The van der Waals surface area contributed by atoms with Crippen LogP contribution in [0, 0.1) is 0 Å². The number of nitrogens with zero attached hydrogens (tertiary/aromatic N) is 2. The lowest BCUT2D eigenvalue weighted by Gasteiger charge is -1.83. The van der Waals surface area contributed by atoms with Crippen LogP contribution >= 0.6 is 0 Å². The van der Waals surface area contributed by atoms with Crippen LogP contribution in [0.15, 0.2) is 9.98 Å². The topological polar surface area (TPSA) is 24.7 Å². The average molecular weight is 98.1 g/mol. The summed E-state index contributed by atoms with van der Waals surface area (Å²) < 4.78 is 0. The van der Waals surface area contributed by atoms with E-state index in [2.05, 4.69) is 16.7 Å². The summed E-state index contributed by atoms with van der Waals surface area (Å²) in [5, 5.41) is 0. The van der Waals surface area contributed by atoms with E-state index in [0.29, 0.717) is 0 Å². The van der Waals surface area contributed by atoms with Crippen LogP contribution in [0.1, 0.15) is 13.8 Å². The molecule has 0 unspecified atom stereocenters. The summed E-state index contributed by atoms with van der Waals surface area (Å²) in [5.41, 5.74) is 0. The third kappa shape index (κ3) is 3.16. The normalized spacial score (nSPS) is 11.4. The summed E-state index contributed by atoms with van der Waals surface area (Å²) >= 11 is 0. The fraction of sp³-hybridized carbons (Fsp3) is 0.600. The lowest BCUT2D eigenvalue weighted by Crippen LogP contribution is -1.83. The molecule has 0 radical (unpaired) electrons. The van der Waals surface area contributed by atoms with Gasteiger partial charge in [0.2, 0.25) is 0 Å². The average Bonchev–Trinajstić information content (AvgIpc) is 1.68. The SMILES string of the molecule is C=NC(C)=NCC. The standard InChI is InChI=1S/C5H10N2/c1-4-7-5(2)6-3/h3-4H2,1-2H3. The number of hydrogen-bond donors (Lipinski definition) is 0. The Hall–Kier alpha value is -0.660. The molecule has 0 amide bonds. The van der Waals surface area contributed by atoms with Crippen molar-refractivity contribution >= 4 is 12.6 Å². The number of aliphatic imine (C=N–C) groups is 2. The molecule has 0 aromatic carbocycles. The first kappa shape index (κ1) is 6.34. The molecule has 0 bridgehead atoms. The zero-order chi connectivity index (χ0) is 5.70. The van der Waals surface area contributed by atoms with Crippen LogP contribution < -0.4 is 0 Å². The molecule has 0 rings (SSSR count). The van der Waals surface area contributed by atoms with Crippen LogP contribution in [-0.4, -0.2) is 19.1 Å². The van der Waals surface area contributed by atoms with Gasteiger partial charge in [0.15, 0.2) is 0 Å². The van der Waals surface area contributed by atoms with Gasteiger partial charge in [0.1, 0.15) is 5.84 Å². The second-order valence-corrected chi connectivity index (χ2v) is 1.18. The molecule has 0 aliphatic rings. The maximum Gasteiger partial charge on any atom is 0.119 e. The Morgan fingerprint density at radius 3 is 2.43 bits per heavy atom. The van der Waals surface area contributed by atoms with Crippen molar-refractivity contribution in [1.29, 1.82) is 0 Å². The van der Waals surface area contributed by atoms with Crippen molar-refractivity contribution in [2.45, 2.75) is 13.8 Å². The third-order valence-electron chi connectivity index (χ3n) is 0.616. The molecule has 7 heavy (non-hydrogen) atoms. The van der Waals surface area contributed by atoms with Crippen LogP contribution in [0.3, 0.4) is 0 Å². The van der Waals surface area contributed by atoms with Gasteiger partial charge in [-0.25, -0.2) is 4.99 Å². The molecule has 0 spiro atoms. The minimum atomic E-state index is 0.766. The Kier molecular flexibility index (Phi) is 3.19. The first-order chi connectivity index (χ1) is 3.31. The molecule has 0 aromatic rings. The first-order valence-corrected chi connectivity index (χ1v) is 2.29. The molecular formula is C5H10N2. The summed E-state index contributed by atoms with van der Waals surface area (Å²) in [6.07, 6.45) is 0. The van der Waals surface area contributed by atoms with Gasteiger partial charge in [-0.1, -0.05) is 0 Å². The molecule has 2 nitrogen and oxygen atoms in total. The Balaban J connectivity index is 3.49. The van der Waals surface area contributed by atoms with Crippen molar-refractivity contribution in [2.75, 3.05) is 6.54 Å². The van der Waals surface area contributed by atoms with Crippen LogP contribution in [0.25, 0.3) is 0 Å². The van der Waals surface area contributed by atoms with E-state index < -0.39 is 0 Å². The van der Waals surface area contributed by atoms with Crippen LogP contribution in [0.4, 0.5) is 0 Å². The van der Waals surface area contributed by atoms with Gasteiger partial charge < -0.3 is 0 Å². The Morgan fingerprint density at radius 1 is 1.71 bits per heavy atom. The summed E-state index contributed by atoms with van der Waals surface area (Å²) in [6, 6.07) is 0. The molecule has 0 saturated carbocycles. The third-order valence-corrected chi connectivity index (χ3v) is 0.616. The summed E-state index contributed by atoms with van der Waals surface area (Å²) in [7, 11) is 0. The van der Waals surface area contributed by atoms with Crippen molar-refractivity contribution in [3.8, 4) is 0 Å². The van der Waals surface area contributed by atoms with Crippen molar-refractivity contribution in [1.82, 2.24) is 0 Å². The van der Waals surface area contributed by atoms with E-state index in [9.17, 15) is 0 Å². The number of hydrogen-bond acceptors (Lipinski definition) is 1. The lowest BCUT2D eigenvalue weighted by molar-refractivity contribution is 1.12. The minimum Gasteiger partial charge on any atom is -0.271 e. The van der Waals surface area contributed by atoms with Gasteiger partial charge in [-0.05, 0) is 20.6 Å². The van der Waals surface area contributed by atoms with E-state index in [0.717, 1.165) is 12.4 Å². The molecule has 0 heterocycles. The van der Waals surface area contributed by atoms with Crippen LogP contribution in [-0.2, 0) is 0 Å². The maximum atomic E-state index is 3.93. The summed E-state index contributed by atoms with van der Waals surface area (Å²) in [6.45, 7) is 7.89. The van der Waals surface area contributed by atoms with Crippen molar-refractivity contribution < 1.29 is 0 Å². The predicted molar refractivity (Wildman–Crippen MR) is 33.2 cm³/mol. The highest BCUT2D eigenvalue weighted by Gasteiger charge is 1.73. The highest BCUT2D eigenvalue weighted by Crippen LogP contribution is 1.74. The van der Waals surface area contributed by atoms with Gasteiger partial charge in [-0.2, -0.15) is 0 Å². The van der Waals surface area contributed by atoms with E-state index >= 15 is 0 Å². The van der Waals surface area contributed by atoms with E-state index in [-0.39, 0.29) is 0 Å². The van der Waals surface area contributed by atoms with Gasteiger partial charge in [0, 0.05) is 6.54 Å². The van der Waals surface area contributed by atoms with Crippen molar-refractivity contribution in [3.63, 3.8) is 0 Å². The van der Waals surface area contributed by atoms with Gasteiger partial charge in [-0.15, -0.1) is 0 Å². The van der Waals surface area contributed by atoms with Crippen LogP contribution in [0.5, 0.6) is 0 Å². The largest absolute Gasteiger partial charge is 0.271 e. The minimum absolute atomic E-state index is 0.766. The van der Waals surface area contributed by atoms with Gasteiger partial charge in [0.25, 0.3) is 0 Å². The first-order valence-electron chi connectivity index (χ1n) is 2.29. The predicted octanol–water partition coefficient (Wildman–Crippen LogP) is 1.13. The number of rotatable bonds is 1. The molecular weight excluding hydrogens is 88.1 g/mol. The highest BCUT2D eigenvalue weighted by atomic mass is 14.9. The zero-order valence-corrected chi connectivity index (χ0v) is 4.81. The molecule has 0 aliphatic heterocycles. The van der Waals surface area contributed by atoms with Crippen molar-refractivity contribution in [2.24, 2.45) is 9.98 Å². The highest BCUT2D eigenvalue weighted by molar-refractivity contribution is 5.83. The Morgan fingerprint density at radius 2 is 2.29 bits per heavy atom. The zero-order valence-electron chi connectivity index (χ0n) is 4.81. The molecule has 0 fully saturated rings. The van der Waals surface area contributed by atoms with Gasteiger partial charge in [0.05, 0.1) is 0 Å². The van der Waals surface area contributed by atoms with E-state index in [1.165, 1.54) is 0 Å². The van der Waals surface area contributed by atoms with Crippen molar-refractivity contribution in [3.05, 3.63) is 0 Å². The molecule has 0 aromatic heterocycles. The van der Waals surface area contributed by atoms with Crippen LogP contribution in [0.2, 0.25) is 0 Å². The smallest absolute Gasteiger partial charge is 0.119 e. The lowest BCUT2D eigenvalue weighted by atomic mass is 10.7. The molecule has 2 heteroatoms. The molecule has 0 aliphatic carbocycles. The second-order valence-electron chi connectivity index (χ2n) is 1.18. The van der Waals surface area contributed by atoms with E-state index in [1.54, 1.807) is 0 Å². The maximum absolute atomic E-state index is 3.93. The Labute approximate surface area is 44.0 Å². The fourth-order valence-corrected chi connectivity index (χ4v) is 0.279. The molecule has 0 N–H and O–H groups in total. The quantitative estimate of drug-likeness (QED) is 0.347. The molecule has 40 valence electrons. The molecule has 0 atom stereocenters. The van der Waals surface area contributed by atoms with E-state index in [1.807, 2.05) is 13.8 Å². The second kappa shape index (κ2) is 3.53. The summed E-state index contributed by atoms with van der Waals surface area (Å²) in [4.78, 5) is 7.51. The fourth-order valence-electron chi connectivity index (χ4n) is 0.279. The molecule has 0 saturated heterocycles. The van der Waals surface area contributed by atoms with E-state index in [4.69, 9.17) is 0 Å².